The van der Waals surface area contributed by atoms with Gasteiger partial charge in [0.1, 0.15) is 0 Å². The van der Waals surface area contributed by atoms with E-state index in [1.807, 2.05) is 0 Å². The van der Waals surface area contributed by atoms with Gasteiger partial charge in [-0.2, -0.15) is 0 Å². The molecule has 0 aliphatic heterocycles. The summed E-state index contributed by atoms with van der Waals surface area (Å²) in [7, 11) is 0. The molecule has 4 heteroatoms. The molecule has 0 saturated heterocycles. The van der Waals surface area contributed by atoms with Gasteiger partial charge in [-0.3, -0.25) is 9.59 Å². The molecule has 0 unspecified atom stereocenters. The molecule has 0 aliphatic carbocycles. The fourth-order valence-corrected chi connectivity index (χ4v) is 3.39. The fourth-order valence-electron chi connectivity index (χ4n) is 3.39. The lowest BCUT2D eigenvalue weighted by Crippen LogP contribution is -1.99. The quantitative estimate of drug-likeness (QED) is 0.0637. The Bertz CT molecular complexity index is 587. The van der Waals surface area contributed by atoms with Crippen molar-refractivity contribution in [3.8, 4) is 0 Å². The van der Waals surface area contributed by atoms with Crippen LogP contribution in [0, 0.1) is 0 Å². The largest absolute Gasteiger partial charge is 0.466 e. The lowest BCUT2D eigenvalue weighted by atomic mass is 10.1. The lowest BCUT2D eigenvalue weighted by molar-refractivity contribution is -0.142. The van der Waals surface area contributed by atoms with Crippen LogP contribution < -0.4 is 0 Å². The average Bonchev–Trinajstić information content (AvgIpc) is 2.85. The third kappa shape index (κ3) is 39.1. The molecule has 0 aliphatic rings. The van der Waals surface area contributed by atoms with Gasteiger partial charge < -0.3 is 9.47 Å². The van der Waals surface area contributed by atoms with Gasteiger partial charge >= 0.3 is 11.9 Å². The minimum Gasteiger partial charge on any atom is -0.466 e. The highest BCUT2D eigenvalue weighted by atomic mass is 16.5. The number of unbranched alkanes of at least 4 members (excludes halogenated alkanes) is 12. The molecule has 208 valence electrons. The van der Waals surface area contributed by atoms with Gasteiger partial charge in [-0.25, -0.2) is 0 Å². The van der Waals surface area contributed by atoms with Crippen LogP contribution in [0.4, 0.5) is 0 Å². The summed E-state index contributed by atoms with van der Waals surface area (Å²) in [5.41, 5.74) is 0. The van der Waals surface area contributed by atoms with Gasteiger partial charge in [0.05, 0.1) is 13.2 Å². The van der Waals surface area contributed by atoms with Crippen molar-refractivity contribution in [1.29, 1.82) is 0 Å². The third-order valence-electron chi connectivity index (χ3n) is 5.43. The Hall–Kier alpha value is -2.10. The number of rotatable bonds is 22. The molecule has 0 aromatic rings. The van der Waals surface area contributed by atoms with E-state index in [1.54, 1.807) is 0 Å². The topological polar surface area (TPSA) is 52.6 Å². The van der Waals surface area contributed by atoms with E-state index >= 15 is 0 Å². The maximum absolute atomic E-state index is 10.5. The van der Waals surface area contributed by atoms with Crippen molar-refractivity contribution in [2.75, 3.05) is 13.2 Å². The summed E-state index contributed by atoms with van der Waals surface area (Å²) in [5.74, 6) is -0.335. The fraction of sp³-hybridized carbons (Fsp3) is 0.688. The van der Waals surface area contributed by atoms with E-state index < -0.39 is 0 Å². The van der Waals surface area contributed by atoms with E-state index in [4.69, 9.17) is 9.47 Å². The summed E-state index contributed by atoms with van der Waals surface area (Å²) in [6.45, 7) is 8.29. The molecule has 0 amide bonds. The molecule has 0 aromatic carbocycles. The average molecular weight is 505 g/mol. The van der Waals surface area contributed by atoms with E-state index in [0.29, 0.717) is 13.2 Å². The van der Waals surface area contributed by atoms with Crippen molar-refractivity contribution in [2.45, 2.75) is 130 Å². The van der Waals surface area contributed by atoms with E-state index in [-0.39, 0.29) is 11.9 Å². The van der Waals surface area contributed by atoms with E-state index in [1.165, 1.54) is 90.9 Å². The molecule has 0 saturated carbocycles. The second-order valence-electron chi connectivity index (χ2n) is 9.04. The highest BCUT2D eigenvalue weighted by molar-refractivity contribution is 5.66. The van der Waals surface area contributed by atoms with Crippen LogP contribution in [0.1, 0.15) is 130 Å². The molecule has 0 radical (unpaired) electrons. The Morgan fingerprint density at radius 1 is 0.556 bits per heavy atom. The van der Waals surface area contributed by atoms with E-state index in [0.717, 1.165) is 25.7 Å². The first-order chi connectivity index (χ1) is 17.5. The van der Waals surface area contributed by atoms with Gasteiger partial charge in [0.25, 0.3) is 0 Å². The Labute approximate surface area is 223 Å². The van der Waals surface area contributed by atoms with E-state index in [9.17, 15) is 9.59 Å². The number of ether oxygens (including phenoxy) is 2. The Morgan fingerprint density at radius 3 is 1.47 bits per heavy atom. The van der Waals surface area contributed by atoms with Gasteiger partial charge in [-0.1, -0.05) is 107 Å². The van der Waals surface area contributed by atoms with Crippen LogP contribution in [0.2, 0.25) is 0 Å². The molecule has 4 nitrogen and oxygen atoms in total. The number of hydrogen-bond donors (Lipinski definition) is 0. The maximum Gasteiger partial charge on any atom is 0.302 e. The number of esters is 2. The summed E-state index contributed by atoms with van der Waals surface area (Å²) in [6.07, 6.45) is 36.6. The maximum atomic E-state index is 10.5. The van der Waals surface area contributed by atoms with Crippen LogP contribution in [0.15, 0.2) is 48.6 Å². The van der Waals surface area contributed by atoms with Crippen molar-refractivity contribution >= 4 is 11.9 Å². The number of allylic oxidation sites excluding steroid dienone is 8. The molecule has 36 heavy (non-hydrogen) atoms. The molecule has 0 heterocycles. The minimum absolute atomic E-state index is 0.167. The van der Waals surface area contributed by atoms with Crippen LogP contribution in [0.25, 0.3) is 0 Å². The second kappa shape index (κ2) is 32.9. The summed E-state index contributed by atoms with van der Waals surface area (Å²) in [5, 5.41) is 0. The lowest BCUT2D eigenvalue weighted by Gasteiger charge is -2.01. The molecule has 0 bridgehead atoms. The minimum atomic E-state index is -0.168. The van der Waals surface area contributed by atoms with Crippen molar-refractivity contribution in [3.05, 3.63) is 48.6 Å². The van der Waals surface area contributed by atoms with Crippen LogP contribution in [0.3, 0.4) is 0 Å². The number of carbonyl (C=O) groups is 2. The molecule has 0 atom stereocenters. The van der Waals surface area contributed by atoms with Crippen LogP contribution >= 0.6 is 0 Å². The van der Waals surface area contributed by atoms with E-state index in [2.05, 4.69) is 62.5 Å². The summed E-state index contributed by atoms with van der Waals surface area (Å²) >= 11 is 0. The molecular formula is C32H56O4. The molecule has 0 spiro atoms. The van der Waals surface area contributed by atoms with Gasteiger partial charge in [0.15, 0.2) is 0 Å². The third-order valence-corrected chi connectivity index (χ3v) is 5.43. The first-order valence-electron chi connectivity index (χ1n) is 14.4. The van der Waals surface area contributed by atoms with Gasteiger partial charge in [-0.15, -0.1) is 0 Å². The van der Waals surface area contributed by atoms with Crippen LogP contribution in [-0.2, 0) is 19.1 Å². The number of hydrogen-bond acceptors (Lipinski definition) is 4. The zero-order valence-electron chi connectivity index (χ0n) is 24.0. The molecule has 0 aromatic heterocycles. The molecule has 0 rings (SSSR count). The highest BCUT2D eigenvalue weighted by Gasteiger charge is 1.94. The smallest absolute Gasteiger partial charge is 0.302 e. The molecule has 0 N–H and O–H groups in total. The Kier molecular flexibility index (Phi) is 33.0. The Morgan fingerprint density at radius 2 is 1.00 bits per heavy atom. The second-order valence-corrected chi connectivity index (χ2v) is 9.04. The van der Waals surface area contributed by atoms with Gasteiger partial charge in [-0.05, 0) is 58.3 Å². The predicted octanol–water partition coefficient (Wildman–Crippen LogP) is 9.61. The first kappa shape index (κ1) is 36.1. The van der Waals surface area contributed by atoms with Crippen molar-refractivity contribution in [3.63, 3.8) is 0 Å². The monoisotopic (exact) mass is 504 g/mol. The zero-order valence-corrected chi connectivity index (χ0v) is 24.0. The Balaban J connectivity index is 0. The normalized spacial score (nSPS) is 11.4. The van der Waals surface area contributed by atoms with Crippen LogP contribution in [0.5, 0.6) is 0 Å². The number of carbonyl (C=O) groups excluding carboxylic acids is 2. The van der Waals surface area contributed by atoms with Crippen LogP contribution in [-0.4, -0.2) is 25.2 Å². The summed E-state index contributed by atoms with van der Waals surface area (Å²) < 4.78 is 9.76. The predicted molar refractivity (Wildman–Crippen MR) is 155 cm³/mol. The zero-order chi connectivity index (χ0) is 27.0. The van der Waals surface area contributed by atoms with Crippen molar-refractivity contribution < 1.29 is 19.1 Å². The standard InChI is InChI=1S/2C16H28O2/c2*1-3-4-5-6-7-8-9-10-11-12-13-14-15-18-16(2)17/h4-7H,3,8-15H2,1-2H3;3-4,6-7H,5,8-15H2,1-2H3/b5-4+,7-6-;4-3+,7-6-. The van der Waals surface area contributed by atoms with Gasteiger partial charge in [0.2, 0.25) is 0 Å². The van der Waals surface area contributed by atoms with Gasteiger partial charge in [0, 0.05) is 13.8 Å². The molecule has 0 fully saturated rings. The SMILES string of the molecule is C/C=C/C/C=C\CCCCCCCCOC(C)=O.CC/C=C/C=C\CCCCCCCCOC(C)=O. The van der Waals surface area contributed by atoms with Crippen molar-refractivity contribution in [1.82, 2.24) is 0 Å². The summed E-state index contributed by atoms with van der Waals surface area (Å²) in [6, 6.07) is 0. The molecular weight excluding hydrogens is 448 g/mol. The summed E-state index contributed by atoms with van der Waals surface area (Å²) in [4.78, 5) is 21.0. The highest BCUT2D eigenvalue weighted by Crippen LogP contribution is 2.09. The first-order valence-corrected chi connectivity index (χ1v) is 14.4. The van der Waals surface area contributed by atoms with Crippen molar-refractivity contribution in [2.24, 2.45) is 0 Å².